The predicted molar refractivity (Wildman–Crippen MR) is 94.4 cm³/mol. The molecule has 1 N–H and O–H groups in total. The van der Waals surface area contributed by atoms with E-state index in [2.05, 4.69) is 58.1 Å². The van der Waals surface area contributed by atoms with Crippen LogP contribution in [0.5, 0.6) is 0 Å². The Morgan fingerprint density at radius 2 is 1.92 bits per heavy atom. The van der Waals surface area contributed by atoms with E-state index >= 15 is 0 Å². The summed E-state index contributed by atoms with van der Waals surface area (Å²) in [6, 6.07) is 8.87. The monoisotopic (exact) mass is 326 g/mol. The Bertz CT molecular complexity index is 715. The van der Waals surface area contributed by atoms with Crippen molar-refractivity contribution in [2.45, 2.75) is 53.4 Å². The van der Waals surface area contributed by atoms with Crippen LogP contribution in [0.15, 0.2) is 24.3 Å². The van der Waals surface area contributed by atoms with Crippen LogP contribution in [-0.2, 0) is 31.0 Å². The van der Waals surface area contributed by atoms with Crippen molar-refractivity contribution in [3.05, 3.63) is 52.3 Å². The Morgan fingerprint density at radius 3 is 2.62 bits per heavy atom. The number of aromatic nitrogens is 2. The van der Waals surface area contributed by atoms with Crippen LogP contribution in [0.2, 0.25) is 0 Å². The molecule has 5 heteroatoms. The van der Waals surface area contributed by atoms with Gasteiger partial charge in [-0.25, -0.2) is 0 Å². The highest BCUT2D eigenvalue weighted by Crippen LogP contribution is 2.18. The number of benzene rings is 1. The van der Waals surface area contributed by atoms with Crippen LogP contribution in [0, 0.1) is 13.8 Å². The quantitative estimate of drug-likeness (QED) is 0.918. The van der Waals surface area contributed by atoms with E-state index in [4.69, 9.17) is 0 Å². The maximum atomic E-state index is 11.4. The molecule has 0 aliphatic carbocycles. The number of hydrogen-bond donors (Lipinski definition) is 1. The summed E-state index contributed by atoms with van der Waals surface area (Å²) in [6.07, 6.45) is 0.511. The molecule has 2 aromatic rings. The van der Waals surface area contributed by atoms with E-state index in [0.29, 0.717) is 13.0 Å². The molecule has 0 saturated heterocycles. The molecule has 0 spiro atoms. The van der Waals surface area contributed by atoms with E-state index in [1.54, 1.807) is 0 Å². The van der Waals surface area contributed by atoms with Gasteiger partial charge in [0.2, 0.25) is 5.91 Å². The molecule has 0 fully saturated rings. The second-order valence-electron chi connectivity index (χ2n) is 6.69. The summed E-state index contributed by atoms with van der Waals surface area (Å²) in [5.74, 6) is 0.0671. The Balaban J connectivity index is 1.63. The topological polar surface area (TPSA) is 50.2 Å². The normalized spacial score (nSPS) is 14.5. The summed E-state index contributed by atoms with van der Waals surface area (Å²) in [7, 11) is 0. The highest BCUT2D eigenvalue weighted by Gasteiger charge is 2.18. The van der Waals surface area contributed by atoms with Crippen molar-refractivity contribution in [2.24, 2.45) is 0 Å². The van der Waals surface area contributed by atoms with Crippen LogP contribution in [0.3, 0.4) is 0 Å². The number of aryl methyl sites for hydroxylation is 2. The second kappa shape index (κ2) is 7.18. The molecular weight excluding hydrogens is 300 g/mol. The molecule has 1 aliphatic heterocycles. The highest BCUT2D eigenvalue weighted by molar-refractivity contribution is 5.75. The van der Waals surface area contributed by atoms with E-state index in [1.165, 1.54) is 22.4 Å². The zero-order valence-electron chi connectivity index (χ0n) is 14.8. The van der Waals surface area contributed by atoms with Crippen molar-refractivity contribution in [2.75, 3.05) is 6.54 Å². The van der Waals surface area contributed by atoms with Crippen LogP contribution in [0.4, 0.5) is 0 Å². The third-order valence-electron chi connectivity index (χ3n) is 4.40. The number of hydrogen-bond acceptors (Lipinski definition) is 3. The fraction of sp³-hybridized carbons (Fsp3) is 0.474. The maximum Gasteiger partial charge on any atom is 0.220 e. The lowest BCUT2D eigenvalue weighted by atomic mass is 10.1. The molecule has 0 atom stereocenters. The summed E-state index contributed by atoms with van der Waals surface area (Å²) < 4.78 is 2.07. The highest BCUT2D eigenvalue weighted by atomic mass is 16.1. The molecule has 0 unspecified atom stereocenters. The third-order valence-corrected chi connectivity index (χ3v) is 4.40. The Hall–Kier alpha value is -2.14. The molecule has 24 heavy (non-hydrogen) atoms. The van der Waals surface area contributed by atoms with Gasteiger partial charge in [0.05, 0.1) is 24.5 Å². The number of nitrogens with zero attached hydrogens (tertiary/aromatic N) is 3. The van der Waals surface area contributed by atoms with Crippen molar-refractivity contribution in [3.63, 3.8) is 0 Å². The summed E-state index contributed by atoms with van der Waals surface area (Å²) in [5, 5.41) is 7.49. The average Bonchev–Trinajstić information content (AvgIpc) is 2.93. The fourth-order valence-corrected chi connectivity index (χ4v) is 3.33. The average molecular weight is 326 g/mol. The van der Waals surface area contributed by atoms with Gasteiger partial charge in [0.1, 0.15) is 0 Å². The minimum absolute atomic E-state index is 0.0671. The van der Waals surface area contributed by atoms with E-state index in [0.717, 1.165) is 31.9 Å². The van der Waals surface area contributed by atoms with Crippen LogP contribution >= 0.6 is 0 Å². The minimum atomic E-state index is 0.0671. The minimum Gasteiger partial charge on any atom is -0.350 e. The zero-order chi connectivity index (χ0) is 17.1. The second-order valence-corrected chi connectivity index (χ2v) is 6.69. The van der Waals surface area contributed by atoms with E-state index < -0.39 is 0 Å². The van der Waals surface area contributed by atoms with E-state index in [9.17, 15) is 4.79 Å². The summed E-state index contributed by atoms with van der Waals surface area (Å²) >= 11 is 0. The van der Waals surface area contributed by atoms with Crippen LogP contribution in [0.25, 0.3) is 0 Å². The molecule has 0 bridgehead atoms. The molecule has 128 valence electrons. The van der Waals surface area contributed by atoms with Gasteiger partial charge in [-0.15, -0.1) is 0 Å². The van der Waals surface area contributed by atoms with Gasteiger partial charge in [0, 0.05) is 26.1 Å². The first kappa shape index (κ1) is 16.7. The zero-order valence-corrected chi connectivity index (χ0v) is 14.8. The summed E-state index contributed by atoms with van der Waals surface area (Å²) in [5.41, 5.74) is 6.18. The molecule has 1 aromatic carbocycles. The van der Waals surface area contributed by atoms with Crippen LogP contribution in [0.1, 0.15) is 41.4 Å². The molecule has 3 rings (SSSR count). The first-order valence-electron chi connectivity index (χ1n) is 8.65. The maximum absolute atomic E-state index is 11.4. The molecule has 5 nitrogen and oxygen atoms in total. The molecule has 2 heterocycles. The largest absolute Gasteiger partial charge is 0.350 e. The lowest BCUT2D eigenvalue weighted by Gasteiger charge is -2.27. The summed E-state index contributed by atoms with van der Waals surface area (Å²) in [6.45, 7) is 10.5. The first-order chi connectivity index (χ1) is 11.5. The standard InChI is InChI=1S/C19H26N4O/c1-4-19(24)20-11-17-10-18-13-22(5-6-23(18)21-17)12-16-8-14(2)7-15(3)9-16/h7-10H,4-6,11-13H2,1-3H3,(H,20,24). The van der Waals surface area contributed by atoms with Gasteiger partial charge in [-0.2, -0.15) is 5.10 Å². The van der Waals surface area contributed by atoms with Crippen molar-refractivity contribution in [1.29, 1.82) is 0 Å². The van der Waals surface area contributed by atoms with Crippen LogP contribution in [-0.4, -0.2) is 27.1 Å². The molecule has 0 saturated carbocycles. The fourth-order valence-electron chi connectivity index (χ4n) is 3.33. The van der Waals surface area contributed by atoms with Crippen molar-refractivity contribution < 1.29 is 4.79 Å². The number of rotatable bonds is 5. The van der Waals surface area contributed by atoms with Gasteiger partial charge in [-0.1, -0.05) is 36.2 Å². The molecular formula is C19H26N4O. The number of nitrogens with one attached hydrogen (secondary N) is 1. The van der Waals surface area contributed by atoms with Gasteiger partial charge in [-0.3, -0.25) is 14.4 Å². The van der Waals surface area contributed by atoms with Crippen molar-refractivity contribution >= 4 is 5.91 Å². The third kappa shape index (κ3) is 4.03. The Kier molecular flexibility index (Phi) is 5.00. The summed E-state index contributed by atoms with van der Waals surface area (Å²) in [4.78, 5) is 13.8. The van der Waals surface area contributed by atoms with Gasteiger partial charge < -0.3 is 5.32 Å². The van der Waals surface area contributed by atoms with Gasteiger partial charge >= 0.3 is 0 Å². The van der Waals surface area contributed by atoms with Gasteiger partial charge in [-0.05, 0) is 25.5 Å². The number of carbonyl (C=O) groups excluding carboxylic acids is 1. The van der Waals surface area contributed by atoms with Crippen molar-refractivity contribution in [1.82, 2.24) is 20.0 Å². The molecule has 1 amide bonds. The Morgan fingerprint density at radius 1 is 1.17 bits per heavy atom. The smallest absolute Gasteiger partial charge is 0.220 e. The number of fused-ring (bicyclic) bond motifs is 1. The first-order valence-corrected chi connectivity index (χ1v) is 8.65. The molecule has 1 aromatic heterocycles. The number of carbonyl (C=O) groups is 1. The number of amides is 1. The van der Waals surface area contributed by atoms with E-state index in [-0.39, 0.29) is 5.91 Å². The molecule has 1 aliphatic rings. The lowest BCUT2D eigenvalue weighted by molar-refractivity contribution is -0.120. The Labute approximate surface area is 143 Å². The van der Waals surface area contributed by atoms with Crippen molar-refractivity contribution in [3.8, 4) is 0 Å². The van der Waals surface area contributed by atoms with Gasteiger partial charge in [0.15, 0.2) is 0 Å². The SMILES string of the molecule is CCC(=O)NCc1cc2n(n1)CCN(Cc1cc(C)cc(C)c1)C2. The predicted octanol–water partition coefficient (Wildman–Crippen LogP) is 2.54. The van der Waals surface area contributed by atoms with E-state index in [1.807, 2.05) is 6.92 Å². The lowest BCUT2D eigenvalue weighted by Crippen LogP contribution is -2.33. The van der Waals surface area contributed by atoms with Crippen LogP contribution < -0.4 is 5.32 Å². The molecule has 0 radical (unpaired) electrons. The van der Waals surface area contributed by atoms with Gasteiger partial charge in [0.25, 0.3) is 0 Å².